The third kappa shape index (κ3) is 2.75. The zero-order valence-corrected chi connectivity index (χ0v) is 18.0. The van der Waals surface area contributed by atoms with Gasteiger partial charge < -0.3 is 4.42 Å². The Hall–Kier alpha value is -3.11. The molecule has 0 N–H and O–H groups in total. The SMILES string of the molecule is [2H]C1([2H])CSc2cccc(-c3c(F)ccc4c3oc3c(-c5cccc[n+]5C)c(C)ccc34)c21. The Morgan fingerprint density at radius 1 is 0.968 bits per heavy atom. The summed E-state index contributed by atoms with van der Waals surface area (Å²) >= 11 is 1.47. The molecule has 2 aromatic heterocycles. The van der Waals surface area contributed by atoms with Crippen molar-refractivity contribution in [2.75, 3.05) is 5.75 Å². The lowest BCUT2D eigenvalue weighted by Crippen LogP contribution is -2.30. The number of aromatic nitrogens is 1. The van der Waals surface area contributed by atoms with Crippen LogP contribution in [0, 0.1) is 12.7 Å². The summed E-state index contributed by atoms with van der Waals surface area (Å²) in [7, 11) is 1.99. The van der Waals surface area contributed by atoms with Crippen LogP contribution in [0.5, 0.6) is 0 Å². The number of hydrogen-bond donors (Lipinski definition) is 0. The van der Waals surface area contributed by atoms with Gasteiger partial charge in [0.25, 0.3) is 0 Å². The summed E-state index contributed by atoms with van der Waals surface area (Å²) < 4.78 is 41.0. The van der Waals surface area contributed by atoms with Gasteiger partial charge in [-0.2, -0.15) is 0 Å². The molecule has 0 fully saturated rings. The second-order valence-electron chi connectivity index (χ2n) is 7.88. The number of furan rings is 1. The number of halogens is 1. The molecule has 0 bridgehead atoms. The Morgan fingerprint density at radius 2 is 1.77 bits per heavy atom. The van der Waals surface area contributed by atoms with Gasteiger partial charge in [0.15, 0.2) is 6.20 Å². The number of nitrogens with zero attached hydrogens (tertiary/aromatic N) is 1. The van der Waals surface area contributed by atoms with Crippen LogP contribution < -0.4 is 4.57 Å². The fraction of sp³-hybridized carbons (Fsp3) is 0.148. The Bertz CT molecular complexity index is 1590. The van der Waals surface area contributed by atoms with Crippen molar-refractivity contribution in [2.24, 2.45) is 7.05 Å². The number of benzene rings is 3. The maximum atomic E-state index is 15.4. The quantitative estimate of drug-likeness (QED) is 0.286. The number of thioether (sulfide) groups is 1. The predicted molar refractivity (Wildman–Crippen MR) is 125 cm³/mol. The number of rotatable bonds is 2. The molecule has 1 aliphatic rings. The van der Waals surface area contributed by atoms with Crippen LogP contribution in [0.1, 0.15) is 13.9 Å². The fourth-order valence-corrected chi connectivity index (χ4v) is 5.43. The zero-order chi connectivity index (χ0) is 22.9. The molecule has 0 aliphatic carbocycles. The summed E-state index contributed by atoms with van der Waals surface area (Å²) in [5.41, 5.74) is 5.66. The molecule has 152 valence electrons. The summed E-state index contributed by atoms with van der Waals surface area (Å²) in [5.74, 6) is -0.0866. The van der Waals surface area contributed by atoms with Crippen LogP contribution in [-0.2, 0) is 13.4 Å². The van der Waals surface area contributed by atoms with Gasteiger partial charge in [0, 0.05) is 36.3 Å². The number of aryl methyl sites for hydroxylation is 2. The van der Waals surface area contributed by atoms with E-state index in [2.05, 4.69) is 6.07 Å². The maximum absolute atomic E-state index is 15.4. The topological polar surface area (TPSA) is 17.0 Å². The summed E-state index contributed by atoms with van der Waals surface area (Å²) in [6.45, 7) is 2.05. The van der Waals surface area contributed by atoms with E-state index in [1.807, 2.05) is 61.1 Å². The van der Waals surface area contributed by atoms with Crippen molar-refractivity contribution in [3.8, 4) is 22.4 Å². The highest BCUT2D eigenvalue weighted by atomic mass is 32.2. The van der Waals surface area contributed by atoms with E-state index in [1.165, 1.54) is 17.8 Å². The van der Waals surface area contributed by atoms with Crippen LogP contribution >= 0.6 is 11.8 Å². The molecule has 0 spiro atoms. The molecule has 5 aromatic rings. The first-order chi connectivity index (χ1) is 15.9. The largest absolute Gasteiger partial charge is 0.454 e. The molecule has 6 rings (SSSR count). The Kier molecular flexibility index (Phi) is 3.72. The molecule has 0 unspecified atom stereocenters. The lowest BCUT2D eigenvalue weighted by Gasteiger charge is -2.09. The molecule has 0 radical (unpaired) electrons. The standard InChI is InChI=1S/C27H21FNOS/c1-16-9-10-19-20-11-12-21(28)25(18-6-5-8-23-17(18)13-15-31-23)27(20)30-26(19)24(16)22-7-3-4-14-29(22)2/h3-12,14H,13,15H2,1-2H3/q+1/i13D2. The van der Waals surface area contributed by atoms with Gasteiger partial charge in [-0.3, -0.25) is 0 Å². The first kappa shape index (κ1) is 16.6. The van der Waals surface area contributed by atoms with Gasteiger partial charge in [-0.15, -0.1) is 11.8 Å². The minimum atomic E-state index is -1.53. The molecular weight excluding hydrogens is 405 g/mol. The van der Waals surface area contributed by atoms with Crippen LogP contribution in [0.2, 0.25) is 0 Å². The summed E-state index contributed by atoms with van der Waals surface area (Å²) in [6, 6.07) is 18.9. The maximum Gasteiger partial charge on any atom is 0.216 e. The van der Waals surface area contributed by atoms with Crippen molar-refractivity contribution in [3.63, 3.8) is 0 Å². The van der Waals surface area contributed by atoms with Crippen LogP contribution in [-0.4, -0.2) is 5.75 Å². The van der Waals surface area contributed by atoms with E-state index in [0.717, 1.165) is 32.5 Å². The predicted octanol–water partition coefficient (Wildman–Crippen LogP) is 6.84. The monoisotopic (exact) mass is 428 g/mol. The molecule has 0 atom stereocenters. The van der Waals surface area contributed by atoms with Crippen molar-refractivity contribution >= 4 is 33.7 Å². The molecule has 4 heteroatoms. The first-order valence-corrected chi connectivity index (χ1v) is 11.2. The fourth-order valence-electron chi connectivity index (χ4n) is 4.56. The van der Waals surface area contributed by atoms with Crippen molar-refractivity contribution in [3.05, 3.63) is 83.8 Å². The van der Waals surface area contributed by atoms with Crippen molar-refractivity contribution < 1.29 is 16.1 Å². The molecule has 0 amide bonds. The minimum absolute atomic E-state index is 0.324. The average molecular weight is 429 g/mol. The summed E-state index contributed by atoms with van der Waals surface area (Å²) in [6.07, 6.45) is 0.463. The van der Waals surface area contributed by atoms with Crippen molar-refractivity contribution in [1.29, 1.82) is 0 Å². The molecule has 31 heavy (non-hydrogen) atoms. The second-order valence-corrected chi connectivity index (χ2v) is 8.89. The third-order valence-corrected chi connectivity index (χ3v) is 6.99. The van der Waals surface area contributed by atoms with E-state index in [9.17, 15) is 0 Å². The van der Waals surface area contributed by atoms with Gasteiger partial charge in [0.1, 0.15) is 24.0 Å². The smallest absolute Gasteiger partial charge is 0.216 e. The van der Waals surface area contributed by atoms with E-state index < -0.39 is 12.2 Å². The van der Waals surface area contributed by atoms with Crippen molar-refractivity contribution in [2.45, 2.75) is 18.2 Å². The lowest BCUT2D eigenvalue weighted by atomic mass is 9.95. The average Bonchev–Trinajstić information content (AvgIpc) is 3.31. The summed E-state index contributed by atoms with van der Waals surface area (Å²) in [4.78, 5) is 0.859. The van der Waals surface area contributed by atoms with Gasteiger partial charge >= 0.3 is 0 Å². The second kappa shape index (κ2) is 6.96. The van der Waals surface area contributed by atoms with E-state index in [0.29, 0.717) is 33.6 Å². The summed E-state index contributed by atoms with van der Waals surface area (Å²) in [5, 5.41) is 1.74. The van der Waals surface area contributed by atoms with E-state index in [1.54, 1.807) is 12.1 Å². The van der Waals surface area contributed by atoms with Crippen LogP contribution in [0.25, 0.3) is 44.3 Å². The molecule has 3 heterocycles. The highest BCUT2D eigenvalue weighted by Crippen LogP contribution is 2.44. The van der Waals surface area contributed by atoms with E-state index in [-0.39, 0.29) is 0 Å². The highest BCUT2D eigenvalue weighted by molar-refractivity contribution is 7.99. The highest BCUT2D eigenvalue weighted by Gasteiger charge is 2.25. The normalized spacial score (nSPS) is 15.8. The van der Waals surface area contributed by atoms with Crippen LogP contribution in [0.15, 0.2) is 76.2 Å². The number of fused-ring (bicyclic) bond motifs is 4. The Labute approximate surface area is 187 Å². The van der Waals surface area contributed by atoms with Gasteiger partial charge in [0.2, 0.25) is 5.69 Å². The Morgan fingerprint density at radius 3 is 2.61 bits per heavy atom. The van der Waals surface area contributed by atoms with E-state index in [4.69, 9.17) is 7.16 Å². The van der Waals surface area contributed by atoms with Gasteiger partial charge in [-0.05, 0) is 54.3 Å². The molecule has 0 saturated carbocycles. The molecular formula is C27H21FNOS+. The van der Waals surface area contributed by atoms with Crippen LogP contribution in [0.3, 0.4) is 0 Å². The molecule has 0 saturated heterocycles. The zero-order valence-electron chi connectivity index (χ0n) is 19.2. The van der Waals surface area contributed by atoms with Gasteiger partial charge in [0.05, 0.1) is 11.1 Å². The van der Waals surface area contributed by atoms with Crippen molar-refractivity contribution in [1.82, 2.24) is 0 Å². The molecule has 1 aliphatic heterocycles. The van der Waals surface area contributed by atoms with Gasteiger partial charge in [-0.25, -0.2) is 8.96 Å². The van der Waals surface area contributed by atoms with Gasteiger partial charge in [-0.1, -0.05) is 24.3 Å². The first-order valence-electron chi connectivity index (χ1n) is 11.2. The Balaban J connectivity index is 1.73. The number of hydrogen-bond acceptors (Lipinski definition) is 2. The van der Waals surface area contributed by atoms with Crippen LogP contribution in [0.4, 0.5) is 4.39 Å². The number of pyridine rings is 1. The molecule has 2 nitrogen and oxygen atoms in total. The lowest BCUT2D eigenvalue weighted by molar-refractivity contribution is -0.660. The molecule has 3 aromatic carbocycles. The minimum Gasteiger partial charge on any atom is -0.454 e. The van der Waals surface area contributed by atoms with E-state index >= 15 is 4.39 Å². The third-order valence-electron chi connectivity index (χ3n) is 6.05.